The average Bonchev–Trinajstić information content (AvgIpc) is 3.33. The van der Waals surface area contributed by atoms with E-state index in [0.717, 1.165) is 109 Å². The van der Waals surface area contributed by atoms with Gasteiger partial charge in [-0.15, -0.1) is 0 Å². The Balaban J connectivity index is 1.11. The van der Waals surface area contributed by atoms with Gasteiger partial charge in [-0.05, 0) is 140 Å². The van der Waals surface area contributed by atoms with Gasteiger partial charge in [0.05, 0.1) is 22.1 Å². The lowest BCUT2D eigenvalue weighted by Gasteiger charge is -2.25. The molecule has 294 valence electrons. The molecule has 0 aliphatic rings. The van der Waals surface area contributed by atoms with Crippen molar-refractivity contribution in [3.63, 3.8) is 0 Å². The molecular formula is C54H34Br2N6. The molecule has 6 nitrogen and oxygen atoms in total. The summed E-state index contributed by atoms with van der Waals surface area (Å²) in [4.78, 5) is 25.5. The van der Waals surface area contributed by atoms with Crippen LogP contribution in [0.3, 0.4) is 0 Å². The summed E-state index contributed by atoms with van der Waals surface area (Å²) in [5.41, 5.74) is 15.2. The largest absolute Gasteiger partial charge is 0.311 e. The van der Waals surface area contributed by atoms with Gasteiger partial charge in [0.25, 0.3) is 0 Å². The molecule has 0 fully saturated rings. The molecule has 0 bridgehead atoms. The number of benzene rings is 8. The van der Waals surface area contributed by atoms with Crippen LogP contribution in [0.1, 0.15) is 0 Å². The quantitative estimate of drug-likeness (QED) is 0.0860. The van der Waals surface area contributed by atoms with E-state index >= 15 is 0 Å². The van der Waals surface area contributed by atoms with Crippen molar-refractivity contribution in [1.82, 2.24) is 19.9 Å². The van der Waals surface area contributed by atoms with Crippen LogP contribution in [-0.2, 0) is 0 Å². The summed E-state index contributed by atoms with van der Waals surface area (Å²) in [5, 5.41) is 1.77. The number of aromatic nitrogens is 4. The van der Waals surface area contributed by atoms with E-state index in [1.807, 2.05) is 36.4 Å². The predicted octanol–water partition coefficient (Wildman–Crippen LogP) is 15.7. The van der Waals surface area contributed by atoms with E-state index in [2.05, 4.69) is 212 Å². The first-order valence-electron chi connectivity index (χ1n) is 20.3. The van der Waals surface area contributed by atoms with Crippen molar-refractivity contribution >= 4 is 110 Å². The van der Waals surface area contributed by atoms with Crippen LogP contribution in [0, 0.1) is 0 Å². The molecule has 0 aliphatic carbocycles. The summed E-state index contributed by atoms with van der Waals surface area (Å²) >= 11 is 7.22. The number of rotatable bonds is 8. The second kappa shape index (κ2) is 16.0. The lowest BCUT2D eigenvalue weighted by molar-refractivity contribution is 1.28. The lowest BCUT2D eigenvalue weighted by Crippen LogP contribution is -2.09. The molecule has 0 N–H and O–H groups in total. The standard InChI is InChI=1S/C54H34Br2N6/c55-47-33-31-45-51(57-47)52-46(32-34-48(56)58-52)54-53(45)59-49-43(35-21-25-41(26-22-35)61(37-13-5-1-6-14-37)38-15-7-2-8-16-38)29-30-44(50(49)60-54)36-23-27-42(28-24-36)62(39-17-9-3-10-18-39)40-19-11-4-12-20-40/h1-34H. The molecule has 0 atom stereocenters. The number of anilines is 6. The van der Waals surface area contributed by atoms with Crippen molar-refractivity contribution in [3.8, 4) is 22.3 Å². The smallest absolute Gasteiger partial charge is 0.106 e. The number of nitrogens with zero attached hydrogens (tertiary/aromatic N) is 6. The fraction of sp³-hybridized carbons (Fsp3) is 0. The Morgan fingerprint density at radius 1 is 0.258 bits per heavy atom. The summed E-state index contributed by atoms with van der Waals surface area (Å²) in [6, 6.07) is 71.7. The molecule has 0 amide bonds. The number of hydrogen-bond donors (Lipinski definition) is 0. The van der Waals surface area contributed by atoms with Gasteiger partial charge in [0.2, 0.25) is 0 Å². The molecule has 3 heterocycles. The maximum absolute atomic E-state index is 5.57. The molecule has 8 aromatic carbocycles. The molecule has 0 unspecified atom stereocenters. The van der Waals surface area contributed by atoms with E-state index in [1.165, 1.54) is 0 Å². The zero-order valence-corrected chi connectivity index (χ0v) is 36.2. The van der Waals surface area contributed by atoms with Gasteiger partial charge in [0.15, 0.2) is 0 Å². The molecule has 0 spiro atoms. The number of hydrogen-bond acceptors (Lipinski definition) is 6. The zero-order chi connectivity index (χ0) is 41.6. The van der Waals surface area contributed by atoms with E-state index in [0.29, 0.717) is 0 Å². The molecule has 11 rings (SSSR count). The number of pyridine rings is 2. The van der Waals surface area contributed by atoms with Crippen LogP contribution < -0.4 is 9.80 Å². The molecule has 62 heavy (non-hydrogen) atoms. The Hall–Kier alpha value is -7.26. The molecular weight excluding hydrogens is 892 g/mol. The van der Waals surface area contributed by atoms with Crippen molar-refractivity contribution in [3.05, 3.63) is 215 Å². The van der Waals surface area contributed by atoms with Gasteiger partial charge in [0.1, 0.15) is 20.2 Å². The summed E-state index contributed by atoms with van der Waals surface area (Å²) in [6.45, 7) is 0. The summed E-state index contributed by atoms with van der Waals surface area (Å²) in [6.07, 6.45) is 0. The Kier molecular flexibility index (Phi) is 9.72. The molecule has 0 aliphatic heterocycles. The van der Waals surface area contributed by atoms with Crippen molar-refractivity contribution in [2.24, 2.45) is 0 Å². The van der Waals surface area contributed by atoms with Crippen LogP contribution in [0.2, 0.25) is 0 Å². The average molecular weight is 927 g/mol. The van der Waals surface area contributed by atoms with Crippen LogP contribution in [0.15, 0.2) is 215 Å². The summed E-state index contributed by atoms with van der Waals surface area (Å²) in [7, 11) is 0. The highest BCUT2D eigenvalue weighted by Gasteiger charge is 2.21. The van der Waals surface area contributed by atoms with Gasteiger partial charge in [0, 0.05) is 56.0 Å². The van der Waals surface area contributed by atoms with Crippen LogP contribution >= 0.6 is 31.9 Å². The maximum Gasteiger partial charge on any atom is 0.106 e. The van der Waals surface area contributed by atoms with Crippen molar-refractivity contribution in [2.45, 2.75) is 0 Å². The van der Waals surface area contributed by atoms with Gasteiger partial charge < -0.3 is 9.80 Å². The first-order valence-corrected chi connectivity index (χ1v) is 21.9. The second-order valence-electron chi connectivity index (χ2n) is 14.9. The van der Waals surface area contributed by atoms with E-state index in [1.54, 1.807) is 0 Å². The number of para-hydroxylation sites is 4. The van der Waals surface area contributed by atoms with Gasteiger partial charge in [-0.2, -0.15) is 0 Å². The van der Waals surface area contributed by atoms with E-state index in [-0.39, 0.29) is 0 Å². The lowest BCUT2D eigenvalue weighted by atomic mass is 9.96. The van der Waals surface area contributed by atoms with Crippen molar-refractivity contribution < 1.29 is 0 Å². The topological polar surface area (TPSA) is 58.0 Å². The van der Waals surface area contributed by atoms with Gasteiger partial charge in [-0.1, -0.05) is 109 Å². The van der Waals surface area contributed by atoms with Crippen LogP contribution in [-0.4, -0.2) is 19.9 Å². The third-order valence-corrected chi connectivity index (χ3v) is 12.1. The van der Waals surface area contributed by atoms with Crippen LogP contribution in [0.4, 0.5) is 34.1 Å². The molecule has 0 saturated carbocycles. The zero-order valence-electron chi connectivity index (χ0n) is 33.1. The third kappa shape index (κ3) is 6.83. The highest BCUT2D eigenvalue weighted by molar-refractivity contribution is 9.10. The third-order valence-electron chi connectivity index (χ3n) is 11.2. The SMILES string of the molecule is Brc1ccc2c(n1)c1nc(Br)ccc1c1nc3c(-c4ccc(N(c5ccccc5)c5ccccc5)cc4)ccc(-c4ccc(N(c5ccccc5)c5ccccc5)cc4)c3nc21. The number of halogens is 2. The summed E-state index contributed by atoms with van der Waals surface area (Å²) in [5.74, 6) is 0. The molecule has 8 heteroatoms. The Morgan fingerprint density at radius 2 is 0.548 bits per heavy atom. The van der Waals surface area contributed by atoms with Crippen LogP contribution in [0.25, 0.3) is 66.1 Å². The predicted molar refractivity (Wildman–Crippen MR) is 263 cm³/mol. The van der Waals surface area contributed by atoms with Crippen molar-refractivity contribution in [1.29, 1.82) is 0 Å². The van der Waals surface area contributed by atoms with Crippen molar-refractivity contribution in [2.75, 3.05) is 9.80 Å². The van der Waals surface area contributed by atoms with Gasteiger partial charge >= 0.3 is 0 Å². The molecule has 11 aromatic rings. The highest BCUT2D eigenvalue weighted by atomic mass is 79.9. The van der Waals surface area contributed by atoms with E-state index in [4.69, 9.17) is 19.9 Å². The Labute approximate surface area is 375 Å². The fourth-order valence-electron chi connectivity index (χ4n) is 8.37. The highest BCUT2D eigenvalue weighted by Crippen LogP contribution is 2.42. The number of fused-ring (bicyclic) bond motifs is 7. The monoisotopic (exact) mass is 924 g/mol. The van der Waals surface area contributed by atoms with Gasteiger partial charge in [-0.25, -0.2) is 19.9 Å². The Bertz CT molecular complexity index is 3100. The van der Waals surface area contributed by atoms with E-state index in [9.17, 15) is 0 Å². The summed E-state index contributed by atoms with van der Waals surface area (Å²) < 4.78 is 1.46. The minimum atomic E-state index is 0.728. The molecule has 3 aromatic heterocycles. The minimum absolute atomic E-state index is 0.728. The first-order chi connectivity index (χ1) is 30.6. The van der Waals surface area contributed by atoms with Crippen LogP contribution in [0.5, 0.6) is 0 Å². The van der Waals surface area contributed by atoms with E-state index < -0.39 is 0 Å². The minimum Gasteiger partial charge on any atom is -0.311 e. The fourth-order valence-corrected chi connectivity index (χ4v) is 8.99. The van der Waals surface area contributed by atoms with Gasteiger partial charge in [-0.3, -0.25) is 0 Å². The first kappa shape index (κ1) is 37.7. The normalized spacial score (nSPS) is 11.4. The molecule has 0 radical (unpaired) electrons. The second-order valence-corrected chi connectivity index (χ2v) is 16.6. The Morgan fingerprint density at radius 3 is 0.871 bits per heavy atom. The maximum atomic E-state index is 5.57. The molecule has 0 saturated heterocycles.